The van der Waals surface area contributed by atoms with Crippen LogP contribution in [-0.2, 0) is 4.79 Å². The minimum absolute atomic E-state index is 0.00347. The zero-order valence-electron chi connectivity index (χ0n) is 13.3. The Bertz CT molecular complexity index is 479. The molecule has 0 saturated carbocycles. The summed E-state index contributed by atoms with van der Waals surface area (Å²) in [7, 11) is 0. The molecule has 2 N–H and O–H groups in total. The number of carbonyl (C=O) groups is 1. The number of hydrogen-bond acceptors (Lipinski definition) is 3. The Hall–Kier alpha value is -1.55. The first-order valence-electron chi connectivity index (χ1n) is 8.45. The highest BCUT2D eigenvalue weighted by Crippen LogP contribution is 2.27. The number of para-hydroxylation sites is 1. The van der Waals surface area contributed by atoms with Crippen LogP contribution in [0.1, 0.15) is 39.0 Å². The number of hydrogen-bond donors (Lipinski definition) is 2. The van der Waals surface area contributed by atoms with Crippen LogP contribution in [0.25, 0.3) is 0 Å². The second-order valence-electron chi connectivity index (χ2n) is 6.67. The zero-order valence-corrected chi connectivity index (χ0v) is 13.3. The van der Waals surface area contributed by atoms with Gasteiger partial charge in [0.05, 0.1) is 6.61 Å². The first-order valence-corrected chi connectivity index (χ1v) is 8.45. The summed E-state index contributed by atoms with van der Waals surface area (Å²) < 4.78 is 5.67. The molecule has 1 amide bonds. The van der Waals surface area contributed by atoms with Gasteiger partial charge in [-0.25, -0.2) is 0 Å². The maximum atomic E-state index is 12.3. The molecule has 0 aliphatic carbocycles. The van der Waals surface area contributed by atoms with Crippen molar-refractivity contribution < 1.29 is 9.53 Å². The third kappa shape index (κ3) is 4.01. The van der Waals surface area contributed by atoms with Gasteiger partial charge in [0.2, 0.25) is 5.91 Å². The number of rotatable bonds is 6. The van der Waals surface area contributed by atoms with Gasteiger partial charge < -0.3 is 15.4 Å². The van der Waals surface area contributed by atoms with E-state index in [1.54, 1.807) is 0 Å². The van der Waals surface area contributed by atoms with E-state index in [0.717, 1.165) is 25.0 Å². The Morgan fingerprint density at radius 1 is 1.27 bits per heavy atom. The van der Waals surface area contributed by atoms with Crippen LogP contribution in [0.2, 0.25) is 0 Å². The summed E-state index contributed by atoms with van der Waals surface area (Å²) >= 11 is 0. The lowest BCUT2D eigenvalue weighted by Crippen LogP contribution is -2.49. The van der Waals surface area contributed by atoms with Gasteiger partial charge in [-0.2, -0.15) is 0 Å². The molecule has 2 bridgehead atoms. The summed E-state index contributed by atoms with van der Waals surface area (Å²) in [6, 6.07) is 11.3. The summed E-state index contributed by atoms with van der Waals surface area (Å²) in [5.74, 6) is 1.03. The van der Waals surface area contributed by atoms with Crippen molar-refractivity contribution in [2.24, 2.45) is 5.92 Å². The summed E-state index contributed by atoms with van der Waals surface area (Å²) in [5, 5.41) is 6.84. The molecule has 2 fully saturated rings. The van der Waals surface area contributed by atoms with E-state index in [2.05, 4.69) is 10.6 Å². The standard InChI is InChI=1S/C18H26N2O2/c1-13(9-10-22-17-5-3-2-4-6-17)18(21)20-16-11-14-7-8-15(12-16)19-14/h2-6,13-16,19H,7-12H2,1H3,(H,20,21). The maximum Gasteiger partial charge on any atom is 0.223 e. The molecule has 3 atom stereocenters. The Kier molecular flexibility index (Phi) is 4.98. The van der Waals surface area contributed by atoms with Gasteiger partial charge in [0.15, 0.2) is 0 Å². The molecule has 4 nitrogen and oxygen atoms in total. The van der Waals surface area contributed by atoms with Crippen molar-refractivity contribution in [3.05, 3.63) is 30.3 Å². The number of ether oxygens (including phenoxy) is 1. The van der Waals surface area contributed by atoms with Crippen LogP contribution < -0.4 is 15.4 Å². The number of benzene rings is 1. The number of carbonyl (C=O) groups excluding carboxylic acids is 1. The highest BCUT2D eigenvalue weighted by Gasteiger charge is 2.34. The summed E-state index contributed by atoms with van der Waals surface area (Å²) in [5.41, 5.74) is 0. The van der Waals surface area contributed by atoms with Crippen LogP contribution in [0.4, 0.5) is 0 Å². The van der Waals surface area contributed by atoms with Gasteiger partial charge in [-0.05, 0) is 44.2 Å². The Balaban J connectivity index is 1.38. The second kappa shape index (κ2) is 7.14. The van der Waals surface area contributed by atoms with Crippen molar-refractivity contribution in [2.75, 3.05) is 6.61 Å². The van der Waals surface area contributed by atoms with Gasteiger partial charge in [0.25, 0.3) is 0 Å². The molecule has 2 heterocycles. The SMILES string of the molecule is CC(CCOc1ccccc1)C(=O)NC1CC2CCC(C1)N2. The van der Waals surface area contributed by atoms with Crippen molar-refractivity contribution in [3.63, 3.8) is 0 Å². The molecule has 3 rings (SSSR count). The van der Waals surface area contributed by atoms with E-state index in [9.17, 15) is 4.79 Å². The fourth-order valence-corrected chi connectivity index (χ4v) is 3.52. The normalized spacial score (nSPS) is 28.1. The predicted molar refractivity (Wildman–Crippen MR) is 86.8 cm³/mol. The van der Waals surface area contributed by atoms with Crippen molar-refractivity contribution in [1.29, 1.82) is 0 Å². The second-order valence-corrected chi connectivity index (χ2v) is 6.67. The van der Waals surface area contributed by atoms with Crippen molar-refractivity contribution in [2.45, 2.75) is 57.2 Å². The largest absolute Gasteiger partial charge is 0.494 e. The van der Waals surface area contributed by atoms with E-state index in [-0.39, 0.29) is 11.8 Å². The minimum atomic E-state index is -0.00347. The van der Waals surface area contributed by atoms with E-state index in [1.807, 2.05) is 37.3 Å². The highest BCUT2D eigenvalue weighted by atomic mass is 16.5. The van der Waals surface area contributed by atoms with E-state index in [0.29, 0.717) is 24.7 Å². The fraction of sp³-hybridized carbons (Fsp3) is 0.611. The van der Waals surface area contributed by atoms with Gasteiger partial charge in [0, 0.05) is 24.0 Å². The average Bonchev–Trinajstić information content (AvgIpc) is 2.87. The Morgan fingerprint density at radius 2 is 1.95 bits per heavy atom. The summed E-state index contributed by atoms with van der Waals surface area (Å²) in [4.78, 5) is 12.3. The van der Waals surface area contributed by atoms with Crippen LogP contribution in [0.3, 0.4) is 0 Å². The molecule has 0 aromatic heterocycles. The van der Waals surface area contributed by atoms with Gasteiger partial charge in [-0.15, -0.1) is 0 Å². The molecule has 0 spiro atoms. The van der Waals surface area contributed by atoms with Gasteiger partial charge in [-0.3, -0.25) is 4.79 Å². The molecule has 0 radical (unpaired) electrons. The predicted octanol–water partition coefficient (Wildman–Crippen LogP) is 2.49. The van der Waals surface area contributed by atoms with E-state index < -0.39 is 0 Å². The highest BCUT2D eigenvalue weighted by molar-refractivity contribution is 5.78. The number of fused-ring (bicyclic) bond motifs is 2. The molecular formula is C18H26N2O2. The van der Waals surface area contributed by atoms with Gasteiger partial charge in [-0.1, -0.05) is 25.1 Å². The van der Waals surface area contributed by atoms with Crippen LogP contribution in [-0.4, -0.2) is 30.6 Å². The Morgan fingerprint density at radius 3 is 2.64 bits per heavy atom. The van der Waals surface area contributed by atoms with E-state index in [1.165, 1.54) is 12.8 Å². The molecule has 1 aromatic carbocycles. The molecule has 4 heteroatoms. The van der Waals surface area contributed by atoms with Crippen molar-refractivity contribution >= 4 is 5.91 Å². The topological polar surface area (TPSA) is 50.4 Å². The van der Waals surface area contributed by atoms with Crippen LogP contribution in [0, 0.1) is 5.92 Å². The Labute approximate surface area is 132 Å². The molecule has 3 unspecified atom stereocenters. The lowest BCUT2D eigenvalue weighted by atomic mass is 9.98. The van der Waals surface area contributed by atoms with E-state index >= 15 is 0 Å². The molecule has 120 valence electrons. The molecule has 2 aliphatic rings. The molecule has 2 saturated heterocycles. The smallest absolute Gasteiger partial charge is 0.223 e. The third-order valence-electron chi connectivity index (χ3n) is 4.83. The van der Waals surface area contributed by atoms with Crippen LogP contribution in [0.5, 0.6) is 5.75 Å². The van der Waals surface area contributed by atoms with Crippen LogP contribution >= 0.6 is 0 Å². The van der Waals surface area contributed by atoms with Crippen LogP contribution in [0.15, 0.2) is 30.3 Å². The maximum absolute atomic E-state index is 12.3. The molecular weight excluding hydrogens is 276 g/mol. The fourth-order valence-electron chi connectivity index (χ4n) is 3.52. The van der Waals surface area contributed by atoms with E-state index in [4.69, 9.17) is 4.74 Å². The number of amides is 1. The quantitative estimate of drug-likeness (QED) is 0.849. The molecule has 1 aromatic rings. The van der Waals surface area contributed by atoms with Crippen molar-refractivity contribution in [3.8, 4) is 5.75 Å². The summed E-state index contributed by atoms with van der Waals surface area (Å²) in [6.07, 6.45) is 5.43. The first-order chi connectivity index (χ1) is 10.7. The average molecular weight is 302 g/mol. The molecule has 22 heavy (non-hydrogen) atoms. The monoisotopic (exact) mass is 302 g/mol. The van der Waals surface area contributed by atoms with Gasteiger partial charge in [0.1, 0.15) is 5.75 Å². The van der Waals surface area contributed by atoms with Crippen molar-refractivity contribution in [1.82, 2.24) is 10.6 Å². The number of piperidine rings is 1. The summed E-state index contributed by atoms with van der Waals surface area (Å²) in [6.45, 7) is 2.56. The van der Waals surface area contributed by atoms with Gasteiger partial charge >= 0.3 is 0 Å². The lowest BCUT2D eigenvalue weighted by molar-refractivity contribution is -0.125. The molecule has 2 aliphatic heterocycles. The first kappa shape index (κ1) is 15.3. The third-order valence-corrected chi connectivity index (χ3v) is 4.83. The minimum Gasteiger partial charge on any atom is -0.494 e. The zero-order chi connectivity index (χ0) is 15.4. The lowest BCUT2D eigenvalue weighted by Gasteiger charge is -2.30. The number of nitrogens with one attached hydrogen (secondary N) is 2.